The van der Waals surface area contributed by atoms with Gasteiger partial charge in [-0.1, -0.05) is 41.7 Å². The number of aryl methyl sites for hydroxylation is 1. The lowest BCUT2D eigenvalue weighted by molar-refractivity contribution is 1.03. The largest absolute Gasteiger partial charge is 0.251 e. The van der Waals surface area contributed by atoms with Crippen molar-refractivity contribution < 1.29 is 0 Å². The number of hydrogen-bond acceptors (Lipinski definition) is 1. The highest BCUT2D eigenvalue weighted by Gasteiger charge is 2.12. The standard InChI is InChI=1S/C12H10Cl3N/c1-3-10-6(2)11(15)8-4-7(13)5-9(14)12(8)16-10/h4-5H,3H2,1-2H3. The molecule has 0 saturated heterocycles. The van der Waals surface area contributed by atoms with E-state index in [1.165, 1.54) is 0 Å². The monoisotopic (exact) mass is 273 g/mol. The molecule has 0 atom stereocenters. The molecule has 0 spiro atoms. The van der Waals surface area contributed by atoms with Crippen molar-refractivity contribution >= 4 is 45.7 Å². The molecular formula is C12H10Cl3N. The van der Waals surface area contributed by atoms with Gasteiger partial charge in [0.1, 0.15) is 0 Å². The molecule has 0 radical (unpaired) electrons. The zero-order chi connectivity index (χ0) is 11.9. The summed E-state index contributed by atoms with van der Waals surface area (Å²) >= 11 is 18.4. The van der Waals surface area contributed by atoms with Crippen LogP contribution in [0.3, 0.4) is 0 Å². The molecule has 1 nitrogen and oxygen atoms in total. The molecule has 1 heterocycles. The zero-order valence-corrected chi connectivity index (χ0v) is 11.2. The van der Waals surface area contributed by atoms with Gasteiger partial charge in [0, 0.05) is 16.1 Å². The minimum Gasteiger partial charge on any atom is -0.251 e. The van der Waals surface area contributed by atoms with Crippen LogP contribution in [0.15, 0.2) is 12.1 Å². The van der Waals surface area contributed by atoms with E-state index in [0.717, 1.165) is 28.6 Å². The number of benzene rings is 1. The number of pyridine rings is 1. The first-order valence-electron chi connectivity index (χ1n) is 4.98. The average Bonchev–Trinajstić information content (AvgIpc) is 2.24. The van der Waals surface area contributed by atoms with Gasteiger partial charge in [-0.25, -0.2) is 0 Å². The van der Waals surface area contributed by atoms with Gasteiger partial charge in [-0.2, -0.15) is 0 Å². The molecule has 0 unspecified atom stereocenters. The molecule has 2 rings (SSSR count). The van der Waals surface area contributed by atoms with Crippen LogP contribution in [0.4, 0.5) is 0 Å². The Hall–Kier alpha value is -0.500. The summed E-state index contributed by atoms with van der Waals surface area (Å²) in [5.41, 5.74) is 2.69. The van der Waals surface area contributed by atoms with Crippen molar-refractivity contribution in [3.05, 3.63) is 38.5 Å². The Morgan fingerprint density at radius 1 is 1.19 bits per heavy atom. The van der Waals surface area contributed by atoms with E-state index >= 15 is 0 Å². The van der Waals surface area contributed by atoms with Crippen LogP contribution in [-0.4, -0.2) is 4.98 Å². The molecule has 0 saturated carbocycles. The maximum Gasteiger partial charge on any atom is 0.0907 e. The maximum absolute atomic E-state index is 6.30. The summed E-state index contributed by atoms with van der Waals surface area (Å²) in [6.45, 7) is 4.00. The fourth-order valence-electron chi connectivity index (χ4n) is 1.74. The summed E-state index contributed by atoms with van der Waals surface area (Å²) in [6.07, 6.45) is 0.834. The Morgan fingerprint density at radius 3 is 2.50 bits per heavy atom. The van der Waals surface area contributed by atoms with Crippen molar-refractivity contribution in [1.29, 1.82) is 0 Å². The molecule has 0 bridgehead atoms. The molecule has 0 amide bonds. The first-order valence-corrected chi connectivity index (χ1v) is 6.11. The first-order chi connectivity index (χ1) is 7.54. The fraction of sp³-hybridized carbons (Fsp3) is 0.250. The average molecular weight is 275 g/mol. The maximum atomic E-state index is 6.30. The van der Waals surface area contributed by atoms with Crippen LogP contribution in [-0.2, 0) is 6.42 Å². The van der Waals surface area contributed by atoms with Crippen molar-refractivity contribution in [2.75, 3.05) is 0 Å². The van der Waals surface area contributed by atoms with Crippen LogP contribution in [0.25, 0.3) is 10.9 Å². The highest BCUT2D eigenvalue weighted by atomic mass is 35.5. The summed E-state index contributed by atoms with van der Waals surface area (Å²) in [5.74, 6) is 0. The van der Waals surface area contributed by atoms with Gasteiger partial charge in [0.15, 0.2) is 0 Å². The highest BCUT2D eigenvalue weighted by Crippen LogP contribution is 2.34. The number of aromatic nitrogens is 1. The lowest BCUT2D eigenvalue weighted by Crippen LogP contribution is -1.95. The molecular weight excluding hydrogens is 264 g/mol. The SMILES string of the molecule is CCc1nc2c(Cl)cc(Cl)cc2c(Cl)c1C. The molecule has 1 aromatic carbocycles. The minimum atomic E-state index is 0.541. The molecule has 84 valence electrons. The van der Waals surface area contributed by atoms with E-state index in [9.17, 15) is 0 Å². The van der Waals surface area contributed by atoms with E-state index in [1.807, 2.05) is 13.8 Å². The predicted octanol–water partition coefficient (Wildman–Crippen LogP) is 5.07. The highest BCUT2D eigenvalue weighted by molar-refractivity contribution is 6.41. The third-order valence-corrected chi connectivity index (χ3v) is 3.60. The number of rotatable bonds is 1. The Labute approximate surface area is 109 Å². The van der Waals surface area contributed by atoms with Gasteiger partial charge in [-0.3, -0.25) is 4.98 Å². The third-order valence-electron chi connectivity index (χ3n) is 2.61. The van der Waals surface area contributed by atoms with Crippen LogP contribution in [0.1, 0.15) is 18.2 Å². The van der Waals surface area contributed by atoms with E-state index < -0.39 is 0 Å². The topological polar surface area (TPSA) is 12.9 Å². The van der Waals surface area contributed by atoms with E-state index in [1.54, 1.807) is 12.1 Å². The molecule has 4 heteroatoms. The summed E-state index contributed by atoms with van der Waals surface area (Å²) in [7, 11) is 0. The summed E-state index contributed by atoms with van der Waals surface area (Å²) < 4.78 is 0. The zero-order valence-electron chi connectivity index (χ0n) is 8.94. The van der Waals surface area contributed by atoms with Crippen molar-refractivity contribution in [3.8, 4) is 0 Å². The van der Waals surface area contributed by atoms with Gasteiger partial charge in [0.05, 0.1) is 15.6 Å². The summed E-state index contributed by atoms with van der Waals surface area (Å²) in [4.78, 5) is 4.52. The Morgan fingerprint density at radius 2 is 1.88 bits per heavy atom. The van der Waals surface area contributed by atoms with Crippen LogP contribution < -0.4 is 0 Å². The second-order valence-corrected chi connectivity index (χ2v) is 4.86. The number of nitrogens with zero attached hydrogens (tertiary/aromatic N) is 1. The Balaban J connectivity index is 2.92. The molecule has 0 aliphatic rings. The summed E-state index contributed by atoms with van der Waals surface area (Å²) in [5, 5.41) is 2.61. The lowest BCUT2D eigenvalue weighted by Gasteiger charge is -2.10. The quantitative estimate of drug-likeness (QED) is 0.708. The smallest absolute Gasteiger partial charge is 0.0907 e. The van der Waals surface area contributed by atoms with Crippen molar-refractivity contribution in [1.82, 2.24) is 4.98 Å². The van der Waals surface area contributed by atoms with Gasteiger partial charge in [0.25, 0.3) is 0 Å². The van der Waals surface area contributed by atoms with Crippen LogP contribution in [0, 0.1) is 6.92 Å². The molecule has 2 aromatic rings. The van der Waals surface area contributed by atoms with Crippen molar-refractivity contribution in [3.63, 3.8) is 0 Å². The molecule has 0 N–H and O–H groups in total. The third kappa shape index (κ3) is 1.88. The summed E-state index contributed by atoms with van der Waals surface area (Å²) in [6, 6.07) is 3.48. The molecule has 0 aliphatic heterocycles. The number of halogens is 3. The van der Waals surface area contributed by atoms with Gasteiger partial charge in [-0.15, -0.1) is 0 Å². The van der Waals surface area contributed by atoms with Crippen molar-refractivity contribution in [2.24, 2.45) is 0 Å². The minimum absolute atomic E-state index is 0.541. The lowest BCUT2D eigenvalue weighted by atomic mass is 10.1. The van der Waals surface area contributed by atoms with E-state index in [-0.39, 0.29) is 0 Å². The van der Waals surface area contributed by atoms with E-state index in [2.05, 4.69) is 4.98 Å². The fourth-order valence-corrected chi connectivity index (χ4v) is 2.53. The van der Waals surface area contributed by atoms with Gasteiger partial charge in [0.2, 0.25) is 0 Å². The predicted molar refractivity (Wildman–Crippen MR) is 70.9 cm³/mol. The Bertz CT molecular complexity index is 564. The molecule has 0 aliphatic carbocycles. The van der Waals surface area contributed by atoms with Crippen LogP contribution in [0.2, 0.25) is 15.1 Å². The van der Waals surface area contributed by atoms with E-state index in [4.69, 9.17) is 34.8 Å². The second kappa shape index (κ2) is 4.40. The van der Waals surface area contributed by atoms with Gasteiger partial charge in [-0.05, 0) is 31.0 Å². The molecule has 1 aromatic heterocycles. The second-order valence-electron chi connectivity index (χ2n) is 3.63. The van der Waals surface area contributed by atoms with Crippen LogP contribution in [0.5, 0.6) is 0 Å². The number of fused-ring (bicyclic) bond motifs is 1. The van der Waals surface area contributed by atoms with Crippen LogP contribution >= 0.6 is 34.8 Å². The van der Waals surface area contributed by atoms with E-state index in [0.29, 0.717) is 15.1 Å². The normalized spacial score (nSPS) is 11.1. The first kappa shape index (κ1) is 12.0. The van der Waals surface area contributed by atoms with Gasteiger partial charge < -0.3 is 0 Å². The number of hydrogen-bond donors (Lipinski definition) is 0. The Kier molecular flexibility index (Phi) is 3.29. The molecule has 16 heavy (non-hydrogen) atoms. The molecule has 0 fully saturated rings. The van der Waals surface area contributed by atoms with Crippen molar-refractivity contribution in [2.45, 2.75) is 20.3 Å². The van der Waals surface area contributed by atoms with Gasteiger partial charge >= 0.3 is 0 Å².